The minimum absolute atomic E-state index is 0.0774. The van der Waals surface area contributed by atoms with Crippen molar-refractivity contribution in [1.29, 1.82) is 0 Å². The highest BCUT2D eigenvalue weighted by atomic mass is 35.5. The Morgan fingerprint density at radius 1 is 1.14 bits per heavy atom. The third kappa shape index (κ3) is 3.21. The topological polar surface area (TPSA) is 81.2 Å². The van der Waals surface area contributed by atoms with Crippen molar-refractivity contribution < 1.29 is 14.3 Å². The number of rotatable bonds is 3. The lowest BCUT2D eigenvalue weighted by molar-refractivity contribution is 0.101. The van der Waals surface area contributed by atoms with Gasteiger partial charge in [-0.05, 0) is 43.7 Å². The molecule has 29 heavy (non-hydrogen) atoms. The number of hydrogen-bond donors (Lipinski definition) is 1. The number of carbonyl (C=O) groups excluding carboxylic acids is 2. The molecule has 0 unspecified atom stereocenters. The van der Waals surface area contributed by atoms with Gasteiger partial charge in [0.05, 0.1) is 17.6 Å². The third-order valence-electron chi connectivity index (χ3n) is 4.74. The number of fused-ring (bicyclic) bond motifs is 3. The minimum atomic E-state index is -0.757. The second-order valence-electron chi connectivity index (χ2n) is 6.61. The van der Waals surface area contributed by atoms with Crippen LogP contribution in [0.25, 0.3) is 33.1 Å². The number of H-pyrrole nitrogens is 1. The highest BCUT2D eigenvalue weighted by Gasteiger charge is 2.21. The fraction of sp³-hybridized carbons (Fsp3) is 0.136. The number of aromatic nitrogens is 2. The number of ether oxygens (including phenoxy) is 1. The summed E-state index contributed by atoms with van der Waals surface area (Å²) in [7, 11) is 0. The summed E-state index contributed by atoms with van der Waals surface area (Å²) in [6, 6.07) is 13.6. The van der Waals surface area contributed by atoms with Gasteiger partial charge in [-0.25, -0.2) is 9.36 Å². The van der Waals surface area contributed by atoms with E-state index >= 15 is 0 Å². The van der Waals surface area contributed by atoms with Crippen LogP contribution < -0.4 is 5.56 Å². The van der Waals surface area contributed by atoms with Gasteiger partial charge in [-0.1, -0.05) is 29.8 Å². The molecule has 0 saturated heterocycles. The zero-order valence-corrected chi connectivity index (χ0v) is 16.5. The molecule has 2 aromatic heterocycles. The van der Waals surface area contributed by atoms with Gasteiger partial charge in [0.15, 0.2) is 5.78 Å². The number of halogens is 1. The zero-order valence-electron chi connectivity index (χ0n) is 15.8. The number of benzene rings is 2. The first kappa shape index (κ1) is 19.0. The molecular weight excluding hydrogens is 392 g/mol. The van der Waals surface area contributed by atoms with Gasteiger partial charge in [0.1, 0.15) is 0 Å². The molecule has 0 radical (unpaired) electrons. The van der Waals surface area contributed by atoms with Crippen LogP contribution in [-0.4, -0.2) is 28.0 Å². The van der Waals surface area contributed by atoms with Gasteiger partial charge >= 0.3 is 6.09 Å². The van der Waals surface area contributed by atoms with Crippen molar-refractivity contribution in [1.82, 2.24) is 9.55 Å². The van der Waals surface area contributed by atoms with Gasteiger partial charge in [0, 0.05) is 33.1 Å². The normalized spacial score (nSPS) is 11.1. The summed E-state index contributed by atoms with van der Waals surface area (Å²) in [6.45, 7) is 3.30. The maximum Gasteiger partial charge on any atom is 0.421 e. The van der Waals surface area contributed by atoms with E-state index in [4.69, 9.17) is 16.3 Å². The predicted octanol–water partition coefficient (Wildman–Crippen LogP) is 5.01. The summed E-state index contributed by atoms with van der Waals surface area (Å²) in [6.07, 6.45) is -0.757. The molecule has 0 aliphatic rings. The molecule has 4 aromatic rings. The molecule has 7 heteroatoms. The molecule has 1 N–H and O–H groups in total. The van der Waals surface area contributed by atoms with Crippen LogP contribution in [0, 0.1) is 0 Å². The zero-order chi connectivity index (χ0) is 20.7. The molecular formula is C22H17ClN2O4. The number of pyridine rings is 1. The van der Waals surface area contributed by atoms with Crippen LogP contribution in [0.5, 0.6) is 0 Å². The van der Waals surface area contributed by atoms with E-state index in [1.165, 1.54) is 13.0 Å². The van der Waals surface area contributed by atoms with Crippen LogP contribution in [0.4, 0.5) is 4.79 Å². The van der Waals surface area contributed by atoms with Crippen molar-refractivity contribution in [2.24, 2.45) is 0 Å². The summed E-state index contributed by atoms with van der Waals surface area (Å²) in [5, 5.41) is 1.10. The number of nitrogens with one attached hydrogen (secondary N) is 1. The molecule has 146 valence electrons. The van der Waals surface area contributed by atoms with Crippen molar-refractivity contribution in [2.45, 2.75) is 13.8 Å². The van der Waals surface area contributed by atoms with Gasteiger partial charge in [0.25, 0.3) is 5.56 Å². The lowest BCUT2D eigenvalue weighted by atomic mass is 10.0. The molecule has 0 aliphatic carbocycles. The Balaban J connectivity index is 2.13. The Morgan fingerprint density at radius 2 is 1.93 bits per heavy atom. The average molecular weight is 409 g/mol. The van der Waals surface area contributed by atoms with Crippen LogP contribution >= 0.6 is 11.6 Å². The van der Waals surface area contributed by atoms with Gasteiger partial charge < -0.3 is 9.72 Å². The fourth-order valence-electron chi connectivity index (χ4n) is 3.45. The lowest BCUT2D eigenvalue weighted by Crippen LogP contribution is -2.27. The molecule has 4 rings (SSSR count). The maximum absolute atomic E-state index is 12.9. The molecule has 0 amide bonds. The molecule has 0 saturated carbocycles. The molecule has 2 heterocycles. The van der Waals surface area contributed by atoms with Crippen LogP contribution in [0.3, 0.4) is 0 Å². The Hall–Kier alpha value is -3.38. The SMILES string of the molecule is CCOC(=O)n1c(=O)cc(-c2cccc(C(C)=O)c2)c2[nH]c3ccc(Cl)cc3c21. The van der Waals surface area contributed by atoms with Crippen molar-refractivity contribution in [3.63, 3.8) is 0 Å². The second-order valence-corrected chi connectivity index (χ2v) is 7.04. The summed E-state index contributed by atoms with van der Waals surface area (Å²) >= 11 is 6.17. The van der Waals surface area contributed by atoms with E-state index in [-0.39, 0.29) is 12.4 Å². The highest BCUT2D eigenvalue weighted by molar-refractivity contribution is 6.32. The predicted molar refractivity (Wildman–Crippen MR) is 113 cm³/mol. The van der Waals surface area contributed by atoms with Gasteiger partial charge in [-0.3, -0.25) is 9.59 Å². The molecule has 0 spiro atoms. The first-order valence-electron chi connectivity index (χ1n) is 9.06. The number of hydrogen-bond acceptors (Lipinski definition) is 4. The minimum Gasteiger partial charge on any atom is -0.449 e. The largest absolute Gasteiger partial charge is 0.449 e. The van der Waals surface area contributed by atoms with Crippen LogP contribution in [-0.2, 0) is 4.74 Å². The number of Topliss-reactive ketones (excluding diaryl/α,β-unsaturated/α-hetero) is 1. The molecule has 0 bridgehead atoms. The van der Waals surface area contributed by atoms with Crippen LogP contribution in [0.1, 0.15) is 24.2 Å². The van der Waals surface area contributed by atoms with E-state index in [2.05, 4.69) is 4.98 Å². The van der Waals surface area contributed by atoms with Crippen molar-refractivity contribution >= 4 is 45.4 Å². The van der Waals surface area contributed by atoms with E-state index in [9.17, 15) is 14.4 Å². The monoisotopic (exact) mass is 408 g/mol. The quantitative estimate of drug-likeness (QED) is 0.483. The molecule has 0 fully saturated rings. The standard InChI is InChI=1S/C22H17ClN2O4/c1-3-29-22(28)25-19(27)11-16(14-6-4-5-13(9-14)12(2)26)20-21(25)17-10-15(23)7-8-18(17)24-20/h4-11,24H,3H2,1-2H3. The Bertz CT molecular complexity index is 1350. The smallest absolute Gasteiger partial charge is 0.421 e. The molecule has 0 atom stereocenters. The van der Waals surface area contributed by atoms with Gasteiger partial charge in [-0.15, -0.1) is 0 Å². The van der Waals surface area contributed by atoms with E-state index in [1.54, 1.807) is 43.3 Å². The molecule has 0 aliphatic heterocycles. The van der Waals surface area contributed by atoms with E-state index < -0.39 is 11.7 Å². The molecule has 2 aromatic carbocycles. The average Bonchev–Trinajstić information content (AvgIpc) is 3.06. The van der Waals surface area contributed by atoms with Crippen LogP contribution in [0.2, 0.25) is 5.02 Å². The highest BCUT2D eigenvalue weighted by Crippen LogP contribution is 2.33. The van der Waals surface area contributed by atoms with Crippen molar-refractivity contribution in [3.05, 3.63) is 69.5 Å². The first-order chi connectivity index (χ1) is 13.9. The van der Waals surface area contributed by atoms with Crippen LogP contribution in [0.15, 0.2) is 53.3 Å². The first-order valence-corrected chi connectivity index (χ1v) is 9.44. The number of nitrogens with zero attached hydrogens (tertiary/aromatic N) is 1. The van der Waals surface area contributed by atoms with Gasteiger partial charge in [0.2, 0.25) is 0 Å². The summed E-state index contributed by atoms with van der Waals surface area (Å²) in [4.78, 5) is 40.6. The van der Waals surface area contributed by atoms with Gasteiger partial charge in [-0.2, -0.15) is 0 Å². The Kier molecular flexibility index (Phi) is 4.72. The molecule has 6 nitrogen and oxygen atoms in total. The second kappa shape index (κ2) is 7.22. The third-order valence-corrected chi connectivity index (χ3v) is 4.98. The lowest BCUT2D eigenvalue weighted by Gasteiger charge is -2.10. The number of aromatic amines is 1. The summed E-state index contributed by atoms with van der Waals surface area (Å²) < 4.78 is 6.10. The number of ketones is 1. The van der Waals surface area contributed by atoms with E-state index in [1.807, 2.05) is 6.07 Å². The Labute approximate surface area is 170 Å². The Morgan fingerprint density at radius 3 is 2.66 bits per heavy atom. The van der Waals surface area contributed by atoms with E-state index in [0.717, 1.165) is 10.1 Å². The maximum atomic E-state index is 12.9. The van der Waals surface area contributed by atoms with Crippen molar-refractivity contribution in [2.75, 3.05) is 6.61 Å². The van der Waals surface area contributed by atoms with E-state index in [0.29, 0.717) is 38.1 Å². The number of carbonyl (C=O) groups is 2. The summed E-state index contributed by atoms with van der Waals surface area (Å²) in [5.74, 6) is -0.0774. The summed E-state index contributed by atoms with van der Waals surface area (Å²) in [5.41, 5.74) is 2.96. The fourth-order valence-corrected chi connectivity index (χ4v) is 3.62. The van der Waals surface area contributed by atoms with Crippen molar-refractivity contribution in [3.8, 4) is 11.1 Å².